The Morgan fingerprint density at radius 1 is 0.907 bits per heavy atom. The highest BCUT2D eigenvalue weighted by molar-refractivity contribution is 6.03. The van der Waals surface area contributed by atoms with Crippen molar-refractivity contribution in [2.24, 2.45) is 0 Å². The lowest BCUT2D eigenvalue weighted by Crippen LogP contribution is -2.31. The Bertz CT molecular complexity index is 1590. The Balaban J connectivity index is 1.69. The van der Waals surface area contributed by atoms with Crippen LogP contribution in [0.5, 0.6) is 5.75 Å². The zero-order chi connectivity index (χ0) is 30.3. The fourth-order valence-electron chi connectivity index (χ4n) is 5.32. The molecule has 43 heavy (non-hydrogen) atoms. The third-order valence-corrected chi connectivity index (χ3v) is 7.54. The molecule has 5 rings (SSSR count). The molecule has 0 aromatic heterocycles. The average molecular weight is 598 g/mol. The Kier molecular flexibility index (Phi) is 10.2. The minimum absolute atomic E-state index is 0.234. The van der Waals surface area contributed by atoms with Crippen LogP contribution in [-0.4, -0.2) is 73.1 Å². The van der Waals surface area contributed by atoms with Crippen LogP contribution >= 0.6 is 0 Å². The summed E-state index contributed by atoms with van der Waals surface area (Å²) in [5, 5.41) is 0.459. The predicted molar refractivity (Wildman–Crippen MR) is 161 cm³/mol. The molecule has 2 aliphatic heterocycles. The fourth-order valence-corrected chi connectivity index (χ4v) is 5.32. The van der Waals surface area contributed by atoms with Gasteiger partial charge in [0.1, 0.15) is 29.5 Å². The number of benzene rings is 3. The molecule has 0 saturated carbocycles. The minimum atomic E-state index is -0.884. The molecule has 10 heteroatoms. The van der Waals surface area contributed by atoms with Gasteiger partial charge in [-0.15, -0.1) is 0 Å². The second-order valence-corrected chi connectivity index (χ2v) is 10.3. The number of rotatable bonds is 5. The summed E-state index contributed by atoms with van der Waals surface area (Å²) in [5.41, 5.74) is 2.73. The molecular formula is C33H37F2NO7. The molecule has 0 saturated heterocycles. The first-order chi connectivity index (χ1) is 20.9. The number of fused-ring (bicyclic) bond motifs is 3. The van der Waals surface area contributed by atoms with Crippen LogP contribution in [-0.2, 0) is 25.4 Å². The summed E-state index contributed by atoms with van der Waals surface area (Å²) in [5.74, 6) is -0.453. The van der Waals surface area contributed by atoms with Crippen molar-refractivity contribution in [2.75, 3.05) is 78.0 Å². The molecular weight excluding hydrogens is 560 g/mol. The van der Waals surface area contributed by atoms with E-state index < -0.39 is 17.1 Å². The first-order valence-corrected chi connectivity index (χ1v) is 14.5. The molecule has 2 aromatic carbocycles. The van der Waals surface area contributed by atoms with Gasteiger partial charge in [-0.25, -0.2) is 8.78 Å². The van der Waals surface area contributed by atoms with Crippen LogP contribution in [0.25, 0.3) is 33.4 Å². The number of ether oxygens (including phenoxy) is 5. The van der Waals surface area contributed by atoms with E-state index in [9.17, 15) is 9.18 Å². The molecule has 1 aliphatic carbocycles. The number of halogens is 2. The van der Waals surface area contributed by atoms with Crippen molar-refractivity contribution in [3.8, 4) is 28.2 Å². The van der Waals surface area contributed by atoms with E-state index in [1.54, 1.807) is 27.0 Å². The maximum Gasteiger partial charge on any atom is 0.221 e. The number of aryl methyl sites for hydroxylation is 1. The summed E-state index contributed by atoms with van der Waals surface area (Å²) in [7, 11) is 1.65. The Morgan fingerprint density at radius 2 is 1.63 bits per heavy atom. The quantitative estimate of drug-likeness (QED) is 0.275. The first kappa shape index (κ1) is 30.9. The zero-order valence-corrected chi connectivity index (χ0v) is 24.8. The van der Waals surface area contributed by atoms with Gasteiger partial charge in [0.05, 0.1) is 51.9 Å². The van der Waals surface area contributed by atoms with Gasteiger partial charge >= 0.3 is 0 Å². The lowest BCUT2D eigenvalue weighted by Gasteiger charge is -2.27. The van der Waals surface area contributed by atoms with E-state index in [-0.39, 0.29) is 24.4 Å². The monoisotopic (exact) mass is 597 g/mol. The molecule has 0 N–H and O–H groups in total. The Hall–Kier alpha value is -3.57. The molecule has 230 valence electrons. The smallest absolute Gasteiger partial charge is 0.221 e. The maximum absolute atomic E-state index is 15.0. The lowest BCUT2D eigenvalue weighted by atomic mass is 9.90. The molecule has 3 aliphatic rings. The minimum Gasteiger partial charge on any atom is -0.489 e. The molecule has 2 heterocycles. The number of anilines is 1. The van der Waals surface area contributed by atoms with Gasteiger partial charge in [-0.3, -0.25) is 4.79 Å². The number of nitrogens with zero attached hydrogens (tertiary/aromatic N) is 1. The second-order valence-electron chi connectivity index (χ2n) is 10.3. The van der Waals surface area contributed by atoms with Crippen molar-refractivity contribution >= 4 is 16.7 Å². The topological polar surface area (TPSA) is 79.6 Å². The summed E-state index contributed by atoms with van der Waals surface area (Å²) in [6.07, 6.45) is 0.274. The van der Waals surface area contributed by atoms with Gasteiger partial charge in [-0.1, -0.05) is 13.0 Å². The highest BCUT2D eigenvalue weighted by Crippen LogP contribution is 2.44. The number of hydrogen-bond donors (Lipinski definition) is 0. The van der Waals surface area contributed by atoms with Gasteiger partial charge in [0.25, 0.3) is 0 Å². The van der Waals surface area contributed by atoms with E-state index >= 15 is 4.39 Å². The van der Waals surface area contributed by atoms with E-state index in [0.29, 0.717) is 98.3 Å². The normalized spacial score (nSPS) is 15.6. The SMILES string of the molecule is CCc1c2oc3cc(C)c(F)cc3c(-c3ccc4c(c3)OCCOCCOCCOCCN4CCOC)c-2cc(F)c1=O. The maximum atomic E-state index is 15.0. The molecule has 0 atom stereocenters. The molecule has 0 bridgehead atoms. The van der Waals surface area contributed by atoms with Crippen LogP contribution in [0.1, 0.15) is 18.1 Å². The van der Waals surface area contributed by atoms with Crippen LogP contribution in [0.4, 0.5) is 14.5 Å². The second kappa shape index (κ2) is 14.3. The summed E-state index contributed by atoms with van der Waals surface area (Å²) >= 11 is 0. The van der Waals surface area contributed by atoms with Crippen molar-refractivity contribution in [3.05, 3.63) is 69.4 Å². The van der Waals surface area contributed by atoms with Crippen molar-refractivity contribution in [1.29, 1.82) is 0 Å². The predicted octanol–water partition coefficient (Wildman–Crippen LogP) is 5.61. The van der Waals surface area contributed by atoms with E-state index in [1.807, 2.05) is 18.2 Å². The van der Waals surface area contributed by atoms with Crippen LogP contribution in [0.15, 0.2) is 45.6 Å². The molecule has 8 nitrogen and oxygen atoms in total. The zero-order valence-electron chi connectivity index (χ0n) is 24.8. The molecule has 0 spiro atoms. The van der Waals surface area contributed by atoms with Gasteiger partial charge in [0, 0.05) is 42.3 Å². The Morgan fingerprint density at radius 3 is 2.35 bits per heavy atom. The van der Waals surface area contributed by atoms with Gasteiger partial charge < -0.3 is 33.0 Å². The summed E-state index contributed by atoms with van der Waals surface area (Å²) in [6, 6.07) is 9.85. The van der Waals surface area contributed by atoms with E-state index in [2.05, 4.69) is 4.90 Å². The van der Waals surface area contributed by atoms with Gasteiger partial charge in [-0.05, 0) is 54.8 Å². The van der Waals surface area contributed by atoms with Crippen LogP contribution < -0.4 is 15.1 Å². The number of methoxy groups -OCH3 is 1. The third-order valence-electron chi connectivity index (χ3n) is 7.54. The van der Waals surface area contributed by atoms with Crippen molar-refractivity contribution in [2.45, 2.75) is 20.3 Å². The molecule has 0 unspecified atom stereocenters. The van der Waals surface area contributed by atoms with Crippen LogP contribution in [0.3, 0.4) is 0 Å². The van der Waals surface area contributed by atoms with E-state index in [1.165, 1.54) is 12.1 Å². The molecule has 0 fully saturated rings. The molecule has 2 aromatic rings. The lowest BCUT2D eigenvalue weighted by molar-refractivity contribution is 0.0110. The van der Waals surface area contributed by atoms with E-state index in [4.69, 9.17) is 28.1 Å². The number of hydrogen-bond acceptors (Lipinski definition) is 8. The van der Waals surface area contributed by atoms with Crippen LogP contribution in [0, 0.1) is 18.6 Å². The highest BCUT2D eigenvalue weighted by Gasteiger charge is 2.25. The van der Waals surface area contributed by atoms with Gasteiger partial charge in [-0.2, -0.15) is 0 Å². The highest BCUT2D eigenvalue weighted by atomic mass is 19.1. The van der Waals surface area contributed by atoms with Gasteiger partial charge in [0.15, 0.2) is 5.82 Å². The molecule has 0 radical (unpaired) electrons. The standard InChI is InChI=1S/C33H37F2NO7/c1-4-23-32(37)27(35)20-25-31(24-19-26(34)21(2)17-29(24)43-33(23)25)22-5-6-28-30(18-22)42-16-15-41-14-13-40-12-11-39-10-8-36(28)7-9-38-3/h5-6,17-20H,4,7-16H2,1-3H3. The fraction of sp³-hybridized carbons (Fsp3) is 0.424. The average Bonchev–Trinajstić information content (AvgIpc) is 3.00. The first-order valence-electron chi connectivity index (χ1n) is 14.5. The van der Waals surface area contributed by atoms with Gasteiger partial charge in [0.2, 0.25) is 5.43 Å². The summed E-state index contributed by atoms with van der Waals surface area (Å²) in [6.45, 7) is 8.00. The summed E-state index contributed by atoms with van der Waals surface area (Å²) < 4.78 is 64.8. The van der Waals surface area contributed by atoms with Crippen molar-refractivity contribution < 1.29 is 36.9 Å². The van der Waals surface area contributed by atoms with E-state index in [0.717, 1.165) is 5.69 Å². The Labute approximate surface area is 249 Å². The van der Waals surface area contributed by atoms with Crippen LogP contribution in [0.2, 0.25) is 0 Å². The third kappa shape index (κ3) is 6.83. The largest absolute Gasteiger partial charge is 0.489 e. The molecule has 0 amide bonds. The van der Waals surface area contributed by atoms with Crippen molar-refractivity contribution in [3.63, 3.8) is 0 Å². The summed E-state index contributed by atoms with van der Waals surface area (Å²) in [4.78, 5) is 14.8. The van der Waals surface area contributed by atoms with Crippen molar-refractivity contribution in [1.82, 2.24) is 0 Å².